The van der Waals surface area contributed by atoms with Crippen molar-refractivity contribution in [2.24, 2.45) is 0 Å². The number of carbonyl (C=O) groups excluding carboxylic acids is 2. The van der Waals surface area contributed by atoms with Gasteiger partial charge in [0.25, 0.3) is 5.22 Å². The molecule has 0 aliphatic carbocycles. The van der Waals surface area contributed by atoms with Gasteiger partial charge >= 0.3 is 5.97 Å². The van der Waals surface area contributed by atoms with Crippen LogP contribution in [-0.2, 0) is 9.53 Å². The monoisotopic (exact) mass is 369 g/mol. The Hall–Kier alpha value is -2.60. The number of Topliss-reactive ketones (excluding diaryl/α,β-unsaturated/α-hetero) is 1. The van der Waals surface area contributed by atoms with Crippen LogP contribution in [0.25, 0.3) is 11.1 Å². The van der Waals surface area contributed by atoms with Crippen molar-refractivity contribution in [3.8, 4) is 0 Å². The third-order valence-corrected chi connectivity index (χ3v) is 4.71. The molecule has 3 aromatic rings. The molecule has 0 N–H and O–H groups in total. The minimum atomic E-state index is -0.479. The van der Waals surface area contributed by atoms with Gasteiger partial charge in [0.15, 0.2) is 12.2 Å². The van der Waals surface area contributed by atoms with E-state index in [9.17, 15) is 9.59 Å². The first-order valence-electron chi connectivity index (χ1n) is 8.19. The van der Waals surface area contributed by atoms with Crippen LogP contribution in [0.5, 0.6) is 0 Å². The SMILES string of the molecule is Cc1cc(C)c(C(=O)COC(=O)CSc2nc3ccccc3o2)c(C)c1. The molecule has 6 heteroatoms. The summed E-state index contributed by atoms with van der Waals surface area (Å²) in [5.74, 6) is -0.639. The van der Waals surface area contributed by atoms with Crippen LogP contribution in [0, 0.1) is 20.8 Å². The Morgan fingerprint density at radius 3 is 2.50 bits per heavy atom. The predicted octanol–water partition coefficient (Wildman–Crippen LogP) is 4.27. The third-order valence-electron chi connectivity index (χ3n) is 3.91. The highest BCUT2D eigenvalue weighted by atomic mass is 32.2. The molecule has 134 valence electrons. The van der Waals surface area contributed by atoms with Gasteiger partial charge in [-0.3, -0.25) is 9.59 Å². The zero-order valence-corrected chi connectivity index (χ0v) is 15.7. The van der Waals surface area contributed by atoms with E-state index in [0.717, 1.165) is 34.0 Å². The second kappa shape index (κ2) is 7.74. The number of esters is 1. The van der Waals surface area contributed by atoms with Crippen LogP contribution in [0.4, 0.5) is 0 Å². The fourth-order valence-corrected chi connectivity index (χ4v) is 3.55. The number of benzene rings is 2. The number of rotatable bonds is 6. The molecule has 3 rings (SSSR count). The van der Waals surface area contributed by atoms with Crippen molar-refractivity contribution < 1.29 is 18.7 Å². The number of ether oxygens (including phenoxy) is 1. The molecule has 0 saturated carbocycles. The Morgan fingerprint density at radius 2 is 1.81 bits per heavy atom. The van der Waals surface area contributed by atoms with Crippen LogP contribution >= 0.6 is 11.8 Å². The first-order chi connectivity index (χ1) is 12.4. The Kier molecular flexibility index (Phi) is 5.42. The van der Waals surface area contributed by atoms with Crippen LogP contribution in [0.3, 0.4) is 0 Å². The number of hydrogen-bond acceptors (Lipinski definition) is 6. The van der Waals surface area contributed by atoms with E-state index in [-0.39, 0.29) is 18.1 Å². The number of thioether (sulfide) groups is 1. The van der Waals surface area contributed by atoms with Gasteiger partial charge < -0.3 is 9.15 Å². The van der Waals surface area contributed by atoms with Gasteiger partial charge in [0.2, 0.25) is 5.78 Å². The van der Waals surface area contributed by atoms with Crippen LogP contribution in [0.1, 0.15) is 27.0 Å². The number of para-hydroxylation sites is 2. The first-order valence-corrected chi connectivity index (χ1v) is 9.17. The molecule has 1 aromatic heterocycles. The molecular formula is C20H19NO4S. The second-order valence-electron chi connectivity index (χ2n) is 6.09. The van der Waals surface area contributed by atoms with Gasteiger partial charge in [0.05, 0.1) is 0 Å². The quantitative estimate of drug-likeness (QED) is 0.367. The van der Waals surface area contributed by atoms with E-state index in [4.69, 9.17) is 9.15 Å². The van der Waals surface area contributed by atoms with Gasteiger partial charge in [-0.05, 0) is 44.0 Å². The summed E-state index contributed by atoms with van der Waals surface area (Å²) in [7, 11) is 0. The van der Waals surface area contributed by atoms with E-state index in [2.05, 4.69) is 4.98 Å². The summed E-state index contributed by atoms with van der Waals surface area (Å²) in [6.07, 6.45) is 0. The molecule has 26 heavy (non-hydrogen) atoms. The van der Waals surface area contributed by atoms with Crippen molar-refractivity contribution in [3.63, 3.8) is 0 Å². The maximum absolute atomic E-state index is 12.4. The average Bonchev–Trinajstić information content (AvgIpc) is 3.00. The summed E-state index contributed by atoms with van der Waals surface area (Å²) < 4.78 is 10.6. The highest BCUT2D eigenvalue weighted by molar-refractivity contribution is 7.99. The Balaban J connectivity index is 1.54. The standard InChI is InChI=1S/C20H19NO4S/c1-12-8-13(2)19(14(3)9-12)16(22)10-24-18(23)11-26-20-21-15-6-4-5-7-17(15)25-20/h4-9H,10-11H2,1-3H3. The lowest BCUT2D eigenvalue weighted by Gasteiger charge is -2.10. The number of aryl methyl sites for hydroxylation is 3. The molecule has 0 atom stereocenters. The van der Waals surface area contributed by atoms with E-state index in [1.165, 1.54) is 0 Å². The molecule has 0 unspecified atom stereocenters. The summed E-state index contributed by atoms with van der Waals surface area (Å²) in [4.78, 5) is 28.6. The Morgan fingerprint density at radius 1 is 1.12 bits per heavy atom. The molecule has 1 heterocycles. The molecule has 0 spiro atoms. The molecular weight excluding hydrogens is 350 g/mol. The smallest absolute Gasteiger partial charge is 0.316 e. The van der Waals surface area contributed by atoms with Crippen LogP contribution in [-0.4, -0.2) is 29.1 Å². The maximum Gasteiger partial charge on any atom is 0.316 e. The fraction of sp³-hybridized carbons (Fsp3) is 0.250. The summed E-state index contributed by atoms with van der Waals surface area (Å²) in [6.45, 7) is 5.49. The zero-order chi connectivity index (χ0) is 18.7. The molecule has 0 amide bonds. The molecule has 0 fully saturated rings. The average molecular weight is 369 g/mol. The normalized spacial score (nSPS) is 10.9. The minimum Gasteiger partial charge on any atom is -0.457 e. The number of fused-ring (bicyclic) bond motifs is 1. The molecule has 2 aromatic carbocycles. The Bertz CT molecular complexity index is 921. The van der Waals surface area contributed by atoms with Gasteiger partial charge in [-0.2, -0.15) is 0 Å². The topological polar surface area (TPSA) is 69.4 Å². The summed E-state index contributed by atoms with van der Waals surface area (Å²) in [5, 5.41) is 0.403. The summed E-state index contributed by atoms with van der Waals surface area (Å²) in [5.41, 5.74) is 4.92. The van der Waals surface area contributed by atoms with Crippen molar-refractivity contribution in [3.05, 3.63) is 58.7 Å². The largest absolute Gasteiger partial charge is 0.457 e. The zero-order valence-electron chi connectivity index (χ0n) is 14.9. The summed E-state index contributed by atoms with van der Waals surface area (Å²) in [6, 6.07) is 11.3. The van der Waals surface area contributed by atoms with Crippen molar-refractivity contribution >= 4 is 34.6 Å². The molecule has 0 aliphatic rings. The van der Waals surface area contributed by atoms with Gasteiger partial charge in [0, 0.05) is 5.56 Å². The van der Waals surface area contributed by atoms with Gasteiger partial charge in [-0.15, -0.1) is 0 Å². The Labute approximate surface area is 155 Å². The van der Waals surface area contributed by atoms with Gasteiger partial charge in [-0.1, -0.05) is 41.6 Å². The van der Waals surface area contributed by atoms with E-state index in [0.29, 0.717) is 16.4 Å². The van der Waals surface area contributed by atoms with Gasteiger partial charge in [-0.25, -0.2) is 4.98 Å². The predicted molar refractivity (Wildman–Crippen MR) is 101 cm³/mol. The fourth-order valence-electron chi connectivity index (χ4n) is 2.91. The lowest BCUT2D eigenvalue weighted by atomic mass is 9.97. The van der Waals surface area contributed by atoms with Crippen molar-refractivity contribution in [2.75, 3.05) is 12.4 Å². The van der Waals surface area contributed by atoms with Crippen LogP contribution in [0.15, 0.2) is 46.0 Å². The van der Waals surface area contributed by atoms with E-state index in [1.807, 2.05) is 57.2 Å². The van der Waals surface area contributed by atoms with Crippen molar-refractivity contribution in [2.45, 2.75) is 26.0 Å². The van der Waals surface area contributed by atoms with E-state index < -0.39 is 5.97 Å². The number of ketones is 1. The first kappa shape index (κ1) is 18.2. The minimum absolute atomic E-state index is 0.0337. The lowest BCUT2D eigenvalue weighted by molar-refractivity contribution is -0.139. The van der Waals surface area contributed by atoms with Crippen LogP contribution in [0.2, 0.25) is 0 Å². The molecule has 0 bridgehead atoms. The van der Waals surface area contributed by atoms with E-state index in [1.54, 1.807) is 0 Å². The van der Waals surface area contributed by atoms with E-state index >= 15 is 0 Å². The highest BCUT2D eigenvalue weighted by Crippen LogP contribution is 2.23. The van der Waals surface area contributed by atoms with Crippen molar-refractivity contribution in [1.29, 1.82) is 0 Å². The van der Waals surface area contributed by atoms with Crippen LogP contribution < -0.4 is 0 Å². The number of hydrogen-bond donors (Lipinski definition) is 0. The number of nitrogens with zero attached hydrogens (tertiary/aromatic N) is 1. The van der Waals surface area contributed by atoms with Crippen molar-refractivity contribution in [1.82, 2.24) is 4.98 Å². The molecule has 5 nitrogen and oxygen atoms in total. The third kappa shape index (κ3) is 4.14. The van der Waals surface area contributed by atoms with Gasteiger partial charge in [0.1, 0.15) is 11.3 Å². The maximum atomic E-state index is 12.4. The molecule has 0 radical (unpaired) electrons. The molecule has 0 saturated heterocycles. The number of oxazole rings is 1. The number of carbonyl (C=O) groups is 2. The highest BCUT2D eigenvalue weighted by Gasteiger charge is 2.16. The molecule has 0 aliphatic heterocycles. The summed E-state index contributed by atoms with van der Waals surface area (Å²) >= 11 is 1.15. The lowest BCUT2D eigenvalue weighted by Crippen LogP contribution is -2.17. The second-order valence-corrected chi connectivity index (χ2v) is 7.02. The number of aromatic nitrogens is 1.